The maximum atomic E-state index is 12.2. The summed E-state index contributed by atoms with van der Waals surface area (Å²) in [5, 5.41) is 3.28. The van der Waals surface area contributed by atoms with Gasteiger partial charge in [0.2, 0.25) is 0 Å². The van der Waals surface area contributed by atoms with E-state index in [0.29, 0.717) is 31.8 Å². The summed E-state index contributed by atoms with van der Waals surface area (Å²) in [4.78, 5) is 13.1. The van der Waals surface area contributed by atoms with Crippen LogP contribution in [0.25, 0.3) is 0 Å². The van der Waals surface area contributed by atoms with Crippen LogP contribution < -0.4 is 5.32 Å². The van der Waals surface area contributed by atoms with Crippen LogP contribution >= 0.6 is 0 Å². The minimum Gasteiger partial charge on any atom is -0.468 e. The summed E-state index contributed by atoms with van der Waals surface area (Å²) in [5.41, 5.74) is -0.738. The Morgan fingerprint density at radius 1 is 1.33 bits per heavy atom. The molecule has 0 aliphatic heterocycles. The van der Waals surface area contributed by atoms with Gasteiger partial charge in [-0.1, -0.05) is 0 Å². The van der Waals surface area contributed by atoms with E-state index in [9.17, 15) is 18.0 Å². The summed E-state index contributed by atoms with van der Waals surface area (Å²) in [6.07, 6.45) is -0.195. The molecule has 1 unspecified atom stereocenters. The normalized spacial score (nSPS) is 18.6. The van der Waals surface area contributed by atoms with Gasteiger partial charge < -0.3 is 4.74 Å². The Hall–Kier alpha value is -0.820. The fourth-order valence-corrected chi connectivity index (χ4v) is 2.38. The van der Waals surface area contributed by atoms with Crippen molar-refractivity contribution < 1.29 is 22.7 Å². The lowest BCUT2D eigenvalue weighted by Crippen LogP contribution is -2.51. The lowest BCUT2D eigenvalue weighted by molar-refractivity contribution is -0.148. The average Bonchev–Trinajstić information content (AvgIpc) is 3.15. The molecule has 21 heavy (non-hydrogen) atoms. The number of methoxy groups -OCH3 is 1. The Morgan fingerprint density at radius 3 is 2.43 bits per heavy atom. The number of rotatable bonds is 9. The molecule has 0 radical (unpaired) electrons. The number of halogens is 3. The van der Waals surface area contributed by atoms with E-state index in [0.717, 1.165) is 12.8 Å². The molecule has 0 aromatic carbocycles. The van der Waals surface area contributed by atoms with E-state index in [2.05, 4.69) is 5.32 Å². The van der Waals surface area contributed by atoms with Crippen LogP contribution in [-0.2, 0) is 9.53 Å². The first-order valence-electron chi connectivity index (χ1n) is 7.28. The van der Waals surface area contributed by atoms with Crippen molar-refractivity contribution in [3.63, 3.8) is 0 Å². The second kappa shape index (κ2) is 7.45. The molecule has 4 nitrogen and oxygen atoms in total. The number of carbonyl (C=O) groups excluding carboxylic acids is 1. The van der Waals surface area contributed by atoms with Crippen molar-refractivity contribution in [2.45, 2.75) is 56.8 Å². The summed E-state index contributed by atoms with van der Waals surface area (Å²) < 4.78 is 41.4. The average molecular weight is 310 g/mol. The van der Waals surface area contributed by atoms with Gasteiger partial charge in [-0.3, -0.25) is 15.0 Å². The van der Waals surface area contributed by atoms with Crippen LogP contribution in [0.15, 0.2) is 0 Å². The Kier molecular flexibility index (Phi) is 6.46. The predicted octanol–water partition coefficient (Wildman–Crippen LogP) is 2.33. The van der Waals surface area contributed by atoms with Crippen LogP contribution in [-0.4, -0.2) is 55.9 Å². The molecule has 1 N–H and O–H groups in total. The molecule has 1 aliphatic carbocycles. The van der Waals surface area contributed by atoms with Gasteiger partial charge in [0.1, 0.15) is 5.54 Å². The van der Waals surface area contributed by atoms with Gasteiger partial charge in [0.25, 0.3) is 0 Å². The Morgan fingerprint density at radius 2 is 1.95 bits per heavy atom. The van der Waals surface area contributed by atoms with E-state index in [-0.39, 0.29) is 5.97 Å². The Bertz CT molecular complexity index is 346. The maximum Gasteiger partial charge on any atom is 0.401 e. The first kappa shape index (κ1) is 18.2. The van der Waals surface area contributed by atoms with Crippen molar-refractivity contribution in [2.75, 3.05) is 27.2 Å². The number of carbonyl (C=O) groups is 1. The summed E-state index contributed by atoms with van der Waals surface area (Å²) in [6.45, 7) is 1.26. The minimum absolute atomic E-state index is 0.307. The highest BCUT2D eigenvalue weighted by atomic mass is 19.4. The molecular formula is C14H25F3N2O2. The Balaban J connectivity index is 2.31. The summed E-state index contributed by atoms with van der Waals surface area (Å²) in [6, 6.07) is 0.363. The number of hydrogen-bond donors (Lipinski definition) is 1. The second-order valence-corrected chi connectivity index (χ2v) is 6.05. The monoisotopic (exact) mass is 310 g/mol. The zero-order valence-electron chi connectivity index (χ0n) is 12.9. The molecule has 0 bridgehead atoms. The van der Waals surface area contributed by atoms with E-state index in [1.54, 1.807) is 6.92 Å². The van der Waals surface area contributed by atoms with Gasteiger partial charge in [-0.15, -0.1) is 0 Å². The van der Waals surface area contributed by atoms with Gasteiger partial charge in [0.15, 0.2) is 0 Å². The molecule has 1 rings (SSSR count). The van der Waals surface area contributed by atoms with Gasteiger partial charge >= 0.3 is 12.1 Å². The van der Waals surface area contributed by atoms with Crippen LogP contribution in [0.4, 0.5) is 13.2 Å². The van der Waals surface area contributed by atoms with E-state index < -0.39 is 18.3 Å². The summed E-state index contributed by atoms with van der Waals surface area (Å²) in [7, 11) is 2.81. The van der Waals surface area contributed by atoms with Crippen molar-refractivity contribution >= 4 is 5.97 Å². The number of nitrogens with zero attached hydrogens (tertiary/aromatic N) is 1. The quantitative estimate of drug-likeness (QED) is 0.524. The fraction of sp³-hybridized carbons (Fsp3) is 0.929. The molecule has 0 heterocycles. The highest BCUT2D eigenvalue weighted by Gasteiger charge is 2.38. The third kappa shape index (κ3) is 7.13. The van der Waals surface area contributed by atoms with Crippen LogP contribution in [0.1, 0.15) is 39.0 Å². The standard InChI is InChI=1S/C14H25F3N2O2/c1-13(12(20)21-3,18-11-6-7-11)8-4-5-9-19(2)10-14(15,16)17/h11,18H,4-10H2,1-3H3. The largest absolute Gasteiger partial charge is 0.468 e. The van der Waals surface area contributed by atoms with Crippen molar-refractivity contribution in [3.05, 3.63) is 0 Å². The molecule has 0 aromatic rings. The number of unbranched alkanes of at least 4 members (excludes halogenated alkanes) is 1. The van der Waals surface area contributed by atoms with E-state index >= 15 is 0 Å². The highest BCUT2D eigenvalue weighted by Crippen LogP contribution is 2.26. The molecule has 0 aromatic heterocycles. The zero-order valence-corrected chi connectivity index (χ0v) is 12.9. The van der Waals surface area contributed by atoms with Crippen LogP contribution in [0.5, 0.6) is 0 Å². The molecule has 0 saturated heterocycles. The number of esters is 1. The minimum atomic E-state index is -4.16. The first-order valence-corrected chi connectivity index (χ1v) is 7.28. The predicted molar refractivity (Wildman–Crippen MR) is 74.0 cm³/mol. The first-order chi connectivity index (χ1) is 9.66. The number of ether oxygens (including phenoxy) is 1. The van der Waals surface area contributed by atoms with Crippen molar-refractivity contribution in [2.24, 2.45) is 0 Å². The second-order valence-electron chi connectivity index (χ2n) is 6.05. The number of hydrogen-bond acceptors (Lipinski definition) is 4. The third-order valence-electron chi connectivity index (χ3n) is 3.65. The van der Waals surface area contributed by atoms with Crippen molar-refractivity contribution in [1.82, 2.24) is 10.2 Å². The lowest BCUT2D eigenvalue weighted by atomic mass is 9.94. The fourth-order valence-electron chi connectivity index (χ4n) is 2.38. The number of nitrogens with one attached hydrogen (secondary N) is 1. The molecule has 124 valence electrons. The van der Waals surface area contributed by atoms with E-state index in [4.69, 9.17) is 4.74 Å². The highest BCUT2D eigenvalue weighted by molar-refractivity contribution is 5.80. The third-order valence-corrected chi connectivity index (χ3v) is 3.65. The summed E-state index contributed by atoms with van der Waals surface area (Å²) >= 11 is 0. The van der Waals surface area contributed by atoms with Crippen LogP contribution in [0.3, 0.4) is 0 Å². The SMILES string of the molecule is COC(=O)C(C)(CCCCN(C)CC(F)(F)F)NC1CC1. The number of alkyl halides is 3. The lowest BCUT2D eigenvalue weighted by Gasteiger charge is -2.28. The molecule has 1 aliphatic rings. The zero-order chi connectivity index (χ0) is 16.1. The molecule has 0 amide bonds. The van der Waals surface area contributed by atoms with Gasteiger partial charge in [0.05, 0.1) is 13.7 Å². The van der Waals surface area contributed by atoms with Crippen molar-refractivity contribution in [1.29, 1.82) is 0 Å². The topological polar surface area (TPSA) is 41.6 Å². The van der Waals surface area contributed by atoms with Gasteiger partial charge in [0, 0.05) is 6.04 Å². The van der Waals surface area contributed by atoms with Crippen LogP contribution in [0, 0.1) is 0 Å². The smallest absolute Gasteiger partial charge is 0.401 e. The van der Waals surface area contributed by atoms with E-state index in [1.165, 1.54) is 19.1 Å². The molecular weight excluding hydrogens is 285 g/mol. The maximum absolute atomic E-state index is 12.2. The van der Waals surface area contributed by atoms with Gasteiger partial charge in [-0.05, 0) is 52.6 Å². The van der Waals surface area contributed by atoms with E-state index in [1.807, 2.05) is 0 Å². The molecule has 1 atom stereocenters. The Labute approximate surface area is 124 Å². The summed E-state index contributed by atoms with van der Waals surface area (Å²) in [5.74, 6) is -0.307. The van der Waals surface area contributed by atoms with Gasteiger partial charge in [-0.2, -0.15) is 13.2 Å². The molecule has 0 spiro atoms. The molecule has 1 saturated carbocycles. The molecule has 7 heteroatoms. The van der Waals surface area contributed by atoms with Crippen LogP contribution in [0.2, 0.25) is 0 Å². The van der Waals surface area contributed by atoms with Crippen molar-refractivity contribution in [3.8, 4) is 0 Å². The molecule has 1 fully saturated rings. The van der Waals surface area contributed by atoms with Gasteiger partial charge in [-0.25, -0.2) is 0 Å².